The van der Waals surface area contributed by atoms with E-state index < -0.39 is 37.3 Å². The molecule has 0 radical (unpaired) electrons. The molecule has 0 spiro atoms. The first-order valence-electron chi connectivity index (χ1n) is 10.1. The van der Waals surface area contributed by atoms with Gasteiger partial charge in [-0.15, -0.1) is 0 Å². The van der Waals surface area contributed by atoms with E-state index in [0.29, 0.717) is 11.4 Å². The third-order valence-electron chi connectivity index (χ3n) is 4.97. The number of hydrogen-bond acceptors (Lipinski definition) is 8. The van der Waals surface area contributed by atoms with Gasteiger partial charge in [0, 0.05) is 0 Å². The smallest absolute Gasteiger partial charge is 0.229 e. The van der Waals surface area contributed by atoms with Gasteiger partial charge in [-0.3, -0.25) is 0 Å². The normalized spacial score (nSPS) is 26.8. The first kappa shape index (κ1) is 22.3. The second kappa shape index (κ2) is 10.6. The molecule has 0 aliphatic carbocycles. The molecule has 8 nitrogen and oxygen atoms in total. The van der Waals surface area contributed by atoms with Crippen molar-refractivity contribution in [3.05, 3.63) is 54.1 Å². The van der Waals surface area contributed by atoms with Gasteiger partial charge in [-0.25, -0.2) is 0 Å². The van der Waals surface area contributed by atoms with Crippen LogP contribution in [-0.2, 0) is 11.2 Å². The molecule has 1 fully saturated rings. The number of aliphatic hydroxyl groups excluding tert-OH is 4. The molecule has 1 saturated heterocycles. The summed E-state index contributed by atoms with van der Waals surface area (Å²) >= 11 is 0. The summed E-state index contributed by atoms with van der Waals surface area (Å²) in [5.74, 6) is 0.374. The lowest BCUT2D eigenvalue weighted by molar-refractivity contribution is -0.277. The van der Waals surface area contributed by atoms with Crippen LogP contribution in [0.15, 0.2) is 58.8 Å². The van der Waals surface area contributed by atoms with Gasteiger partial charge in [-0.2, -0.15) is 10.2 Å². The quantitative estimate of drug-likeness (QED) is 0.491. The van der Waals surface area contributed by atoms with Gasteiger partial charge in [-0.05, 0) is 54.8 Å². The van der Waals surface area contributed by atoms with Gasteiger partial charge >= 0.3 is 0 Å². The molecule has 0 aromatic heterocycles. The van der Waals surface area contributed by atoms with E-state index in [0.717, 1.165) is 18.5 Å². The van der Waals surface area contributed by atoms with Gasteiger partial charge < -0.3 is 29.9 Å². The molecule has 1 heterocycles. The molecule has 162 valence electrons. The van der Waals surface area contributed by atoms with Crippen molar-refractivity contribution in [2.75, 3.05) is 6.61 Å². The van der Waals surface area contributed by atoms with E-state index in [2.05, 4.69) is 29.3 Å². The van der Waals surface area contributed by atoms with Crippen molar-refractivity contribution >= 4 is 11.4 Å². The Morgan fingerprint density at radius 3 is 2.03 bits per heavy atom. The molecule has 0 saturated carbocycles. The van der Waals surface area contributed by atoms with Gasteiger partial charge in [0.1, 0.15) is 30.2 Å². The van der Waals surface area contributed by atoms with Crippen LogP contribution in [0.2, 0.25) is 0 Å². The third kappa shape index (κ3) is 5.62. The van der Waals surface area contributed by atoms with Gasteiger partial charge in [0.05, 0.1) is 18.0 Å². The van der Waals surface area contributed by atoms with Crippen molar-refractivity contribution in [1.82, 2.24) is 0 Å². The van der Waals surface area contributed by atoms with Crippen LogP contribution in [0.5, 0.6) is 5.75 Å². The van der Waals surface area contributed by atoms with E-state index in [1.54, 1.807) is 24.3 Å². The fraction of sp³-hybridized carbons (Fsp3) is 0.455. The summed E-state index contributed by atoms with van der Waals surface area (Å²) in [4.78, 5) is 0. The molecule has 5 atom stereocenters. The van der Waals surface area contributed by atoms with Crippen LogP contribution >= 0.6 is 0 Å². The van der Waals surface area contributed by atoms with Gasteiger partial charge in [0.2, 0.25) is 6.29 Å². The summed E-state index contributed by atoms with van der Waals surface area (Å²) in [5, 5.41) is 47.3. The maximum absolute atomic E-state index is 10.0. The molecule has 30 heavy (non-hydrogen) atoms. The monoisotopic (exact) mass is 416 g/mol. The number of azo groups is 1. The van der Waals surface area contributed by atoms with Crippen molar-refractivity contribution < 1.29 is 29.9 Å². The Morgan fingerprint density at radius 1 is 0.867 bits per heavy atom. The summed E-state index contributed by atoms with van der Waals surface area (Å²) in [7, 11) is 0. The number of nitrogens with zero attached hydrogens (tertiary/aromatic N) is 2. The van der Waals surface area contributed by atoms with Crippen LogP contribution in [0, 0.1) is 0 Å². The van der Waals surface area contributed by atoms with E-state index in [1.165, 1.54) is 12.0 Å². The van der Waals surface area contributed by atoms with Crippen LogP contribution in [0.1, 0.15) is 25.3 Å². The van der Waals surface area contributed by atoms with Gasteiger partial charge in [-0.1, -0.05) is 25.5 Å². The number of aliphatic hydroxyl groups is 4. The topological polar surface area (TPSA) is 124 Å². The molecular weight excluding hydrogens is 388 g/mol. The first-order valence-corrected chi connectivity index (χ1v) is 10.1. The largest absolute Gasteiger partial charge is 0.462 e. The summed E-state index contributed by atoms with van der Waals surface area (Å²) < 4.78 is 10.9. The maximum atomic E-state index is 10.0. The SMILES string of the molecule is CCCCc1ccc(N=Nc2ccc(O[C@H]3O[C@H](CO)[C@H](O)[C@H](O)[C@H]3O)cc2)cc1. The number of ether oxygens (including phenoxy) is 2. The average molecular weight is 416 g/mol. The standard InChI is InChI=1S/C22H28N2O6/c1-2-3-4-14-5-7-15(8-6-14)23-24-16-9-11-17(12-10-16)29-22-21(28)20(27)19(26)18(13-25)30-22/h5-12,18-22,25-28H,2-4,13H2,1H3/t18-,19+,20+,21-,22+/m1/s1. The molecule has 0 unspecified atom stereocenters. The molecule has 2 aromatic carbocycles. The molecule has 8 heteroatoms. The van der Waals surface area contributed by atoms with E-state index in [4.69, 9.17) is 9.47 Å². The van der Waals surface area contributed by atoms with Crippen LogP contribution in [-0.4, -0.2) is 57.7 Å². The highest BCUT2D eigenvalue weighted by atomic mass is 16.7. The van der Waals surface area contributed by atoms with Crippen molar-refractivity contribution in [3.63, 3.8) is 0 Å². The minimum atomic E-state index is -1.48. The zero-order valence-electron chi connectivity index (χ0n) is 16.8. The number of benzene rings is 2. The van der Waals surface area contributed by atoms with Crippen LogP contribution in [0.3, 0.4) is 0 Å². The highest BCUT2D eigenvalue weighted by Crippen LogP contribution is 2.26. The van der Waals surface area contributed by atoms with E-state index in [9.17, 15) is 20.4 Å². The predicted molar refractivity (Wildman–Crippen MR) is 110 cm³/mol. The van der Waals surface area contributed by atoms with Crippen molar-refractivity contribution in [2.24, 2.45) is 10.2 Å². The number of unbranched alkanes of at least 4 members (excludes halogenated alkanes) is 1. The number of hydrogen-bond donors (Lipinski definition) is 4. The Labute approximate surface area is 175 Å². The summed E-state index contributed by atoms with van der Waals surface area (Å²) in [6.45, 7) is 1.66. The minimum absolute atomic E-state index is 0.374. The minimum Gasteiger partial charge on any atom is -0.462 e. The molecule has 1 aliphatic heterocycles. The first-order chi connectivity index (χ1) is 14.5. The average Bonchev–Trinajstić information content (AvgIpc) is 2.78. The van der Waals surface area contributed by atoms with Gasteiger partial charge in [0.15, 0.2) is 0 Å². The lowest BCUT2D eigenvalue weighted by atomic mass is 9.99. The highest BCUT2D eigenvalue weighted by molar-refractivity contribution is 5.43. The van der Waals surface area contributed by atoms with Crippen LogP contribution in [0.25, 0.3) is 0 Å². The molecule has 4 N–H and O–H groups in total. The molecule has 3 rings (SSSR count). The Balaban J connectivity index is 1.59. The lowest BCUT2D eigenvalue weighted by Crippen LogP contribution is -2.60. The second-order valence-electron chi connectivity index (χ2n) is 7.28. The molecule has 1 aliphatic rings. The Bertz CT molecular complexity index is 809. The van der Waals surface area contributed by atoms with Gasteiger partial charge in [0.25, 0.3) is 0 Å². The highest BCUT2D eigenvalue weighted by Gasteiger charge is 2.44. The molecule has 0 amide bonds. The molecule has 0 bridgehead atoms. The summed E-state index contributed by atoms with van der Waals surface area (Å²) in [5.41, 5.74) is 2.66. The fourth-order valence-electron chi connectivity index (χ4n) is 3.12. The lowest BCUT2D eigenvalue weighted by Gasteiger charge is -2.39. The van der Waals surface area contributed by atoms with E-state index in [-0.39, 0.29) is 0 Å². The van der Waals surface area contributed by atoms with Crippen molar-refractivity contribution in [3.8, 4) is 5.75 Å². The predicted octanol–water partition coefficient (Wildman–Crippen LogP) is 2.62. The zero-order chi connectivity index (χ0) is 21.5. The summed E-state index contributed by atoms with van der Waals surface area (Å²) in [6, 6.07) is 14.6. The molecule has 2 aromatic rings. The molecular formula is C22H28N2O6. The number of aryl methyl sites for hydroxylation is 1. The Hall–Kier alpha value is -2.36. The van der Waals surface area contributed by atoms with E-state index in [1.807, 2.05) is 12.1 Å². The van der Waals surface area contributed by atoms with Crippen LogP contribution < -0.4 is 4.74 Å². The van der Waals surface area contributed by atoms with Crippen molar-refractivity contribution in [2.45, 2.75) is 56.9 Å². The Kier molecular flexibility index (Phi) is 7.89. The number of rotatable bonds is 8. The zero-order valence-corrected chi connectivity index (χ0v) is 16.8. The third-order valence-corrected chi connectivity index (χ3v) is 4.97. The fourth-order valence-corrected chi connectivity index (χ4v) is 3.12. The second-order valence-corrected chi connectivity index (χ2v) is 7.28. The Morgan fingerprint density at radius 2 is 1.47 bits per heavy atom. The maximum Gasteiger partial charge on any atom is 0.229 e. The van der Waals surface area contributed by atoms with Crippen LogP contribution in [0.4, 0.5) is 11.4 Å². The van der Waals surface area contributed by atoms with Crippen molar-refractivity contribution in [1.29, 1.82) is 0 Å². The van der Waals surface area contributed by atoms with E-state index >= 15 is 0 Å². The summed E-state index contributed by atoms with van der Waals surface area (Å²) in [6.07, 6.45) is -3.22.